The molecule has 3 nitrogen and oxygen atoms in total. The number of aryl methyl sites for hydroxylation is 1. The van der Waals surface area contributed by atoms with E-state index in [-0.39, 0.29) is 11.2 Å². The van der Waals surface area contributed by atoms with Crippen molar-refractivity contribution in [3.05, 3.63) is 38.9 Å². The van der Waals surface area contributed by atoms with Crippen LogP contribution in [0.5, 0.6) is 0 Å². The summed E-state index contributed by atoms with van der Waals surface area (Å²) in [6.45, 7) is 1.63. The van der Waals surface area contributed by atoms with Gasteiger partial charge in [0.1, 0.15) is 5.82 Å². The van der Waals surface area contributed by atoms with Crippen molar-refractivity contribution in [3.63, 3.8) is 0 Å². The van der Waals surface area contributed by atoms with Crippen molar-refractivity contribution in [2.24, 2.45) is 7.05 Å². The third-order valence-corrected chi connectivity index (χ3v) is 3.15. The van der Waals surface area contributed by atoms with E-state index in [0.29, 0.717) is 21.5 Å². The minimum Gasteiger partial charge on any atom is -0.396 e. The van der Waals surface area contributed by atoms with Crippen LogP contribution in [0.25, 0.3) is 10.9 Å². The number of aromatic nitrogens is 1. The number of pyridine rings is 1. The van der Waals surface area contributed by atoms with Crippen LogP contribution in [0, 0.1) is 12.7 Å². The normalized spacial score (nSPS) is 11.0. The summed E-state index contributed by atoms with van der Waals surface area (Å²) in [5.41, 5.74) is 6.13. The zero-order valence-corrected chi connectivity index (χ0v) is 9.60. The zero-order chi connectivity index (χ0) is 12.0. The number of hydrogen-bond donors (Lipinski definition) is 1. The molecule has 0 atom stereocenters. The Kier molecular flexibility index (Phi) is 2.39. The lowest BCUT2D eigenvalue weighted by molar-refractivity contribution is 0.633. The molecule has 0 aliphatic rings. The minimum atomic E-state index is -0.553. The number of nitrogens with zero attached hydrogens (tertiary/aromatic N) is 1. The molecule has 1 heterocycles. The summed E-state index contributed by atoms with van der Waals surface area (Å²) in [5.74, 6) is -0.553. The molecular weight excluding hydrogens is 231 g/mol. The van der Waals surface area contributed by atoms with E-state index in [2.05, 4.69) is 0 Å². The fraction of sp³-hybridized carbons (Fsp3) is 0.182. The molecule has 2 N–H and O–H groups in total. The molecule has 5 heteroatoms. The van der Waals surface area contributed by atoms with Gasteiger partial charge >= 0.3 is 0 Å². The number of fused-ring (bicyclic) bond motifs is 1. The van der Waals surface area contributed by atoms with Crippen LogP contribution in [-0.4, -0.2) is 4.57 Å². The number of rotatable bonds is 0. The second kappa shape index (κ2) is 3.49. The largest absolute Gasteiger partial charge is 0.396 e. The number of benzene rings is 1. The standard InChI is InChI=1S/C11H10ClFN2O/c1-5-10(12)6-3-8(14)7(13)4-9(6)15(2)11(5)16/h3-4H,14H2,1-2H3. The average molecular weight is 241 g/mol. The van der Waals surface area contributed by atoms with Gasteiger partial charge in [0.25, 0.3) is 5.56 Å². The van der Waals surface area contributed by atoms with Gasteiger partial charge in [-0.05, 0) is 13.0 Å². The van der Waals surface area contributed by atoms with E-state index in [0.717, 1.165) is 0 Å². The maximum absolute atomic E-state index is 13.3. The molecule has 0 saturated carbocycles. The zero-order valence-electron chi connectivity index (χ0n) is 8.84. The summed E-state index contributed by atoms with van der Waals surface area (Å²) in [6, 6.07) is 2.66. The minimum absolute atomic E-state index is 0.0208. The Labute approximate surface area is 96.2 Å². The van der Waals surface area contributed by atoms with Crippen molar-refractivity contribution >= 4 is 28.2 Å². The van der Waals surface area contributed by atoms with E-state index in [4.69, 9.17) is 17.3 Å². The lowest BCUT2D eigenvalue weighted by atomic mass is 10.1. The van der Waals surface area contributed by atoms with Gasteiger partial charge in [-0.2, -0.15) is 0 Å². The molecule has 0 spiro atoms. The van der Waals surface area contributed by atoms with Gasteiger partial charge in [0.05, 0.1) is 16.2 Å². The topological polar surface area (TPSA) is 48.0 Å². The Morgan fingerprint density at radius 2 is 2.06 bits per heavy atom. The molecule has 1 aromatic carbocycles. The highest BCUT2D eigenvalue weighted by Crippen LogP contribution is 2.27. The summed E-state index contributed by atoms with van der Waals surface area (Å²) >= 11 is 6.04. The Bertz CT molecular complexity index is 649. The molecule has 0 radical (unpaired) electrons. The summed E-state index contributed by atoms with van der Waals surface area (Å²) in [7, 11) is 1.57. The van der Waals surface area contributed by atoms with Gasteiger partial charge in [-0.15, -0.1) is 0 Å². The third kappa shape index (κ3) is 1.38. The van der Waals surface area contributed by atoms with Crippen molar-refractivity contribution in [2.45, 2.75) is 6.92 Å². The summed E-state index contributed by atoms with van der Waals surface area (Å²) in [4.78, 5) is 11.7. The highest BCUT2D eigenvalue weighted by Gasteiger charge is 2.12. The van der Waals surface area contributed by atoms with Gasteiger partial charge in [0, 0.05) is 24.1 Å². The highest BCUT2D eigenvalue weighted by atomic mass is 35.5. The maximum atomic E-state index is 13.3. The maximum Gasteiger partial charge on any atom is 0.255 e. The molecule has 0 aliphatic heterocycles. The Hall–Kier alpha value is -1.55. The van der Waals surface area contributed by atoms with E-state index in [1.165, 1.54) is 16.7 Å². The first kappa shape index (κ1) is 11.0. The van der Waals surface area contributed by atoms with Crippen molar-refractivity contribution in [1.29, 1.82) is 0 Å². The molecule has 16 heavy (non-hydrogen) atoms. The van der Waals surface area contributed by atoms with Crippen LogP contribution >= 0.6 is 11.6 Å². The van der Waals surface area contributed by atoms with E-state index < -0.39 is 5.82 Å². The predicted octanol–water partition coefficient (Wildman–Crippen LogP) is 2.22. The second-order valence-electron chi connectivity index (χ2n) is 3.69. The first-order chi connectivity index (χ1) is 7.43. The van der Waals surface area contributed by atoms with Crippen molar-refractivity contribution < 1.29 is 4.39 Å². The van der Waals surface area contributed by atoms with Crippen LogP contribution < -0.4 is 11.3 Å². The number of nitrogen functional groups attached to an aromatic ring is 1. The third-order valence-electron chi connectivity index (χ3n) is 2.67. The Morgan fingerprint density at radius 3 is 2.69 bits per heavy atom. The van der Waals surface area contributed by atoms with Gasteiger partial charge in [0.2, 0.25) is 0 Å². The molecule has 0 unspecified atom stereocenters. The van der Waals surface area contributed by atoms with Crippen LogP contribution in [0.1, 0.15) is 5.56 Å². The average Bonchev–Trinajstić information content (AvgIpc) is 2.26. The van der Waals surface area contributed by atoms with Gasteiger partial charge in [0.15, 0.2) is 0 Å². The highest BCUT2D eigenvalue weighted by molar-refractivity contribution is 6.36. The molecule has 0 bridgehead atoms. The van der Waals surface area contributed by atoms with Gasteiger partial charge in [-0.1, -0.05) is 11.6 Å². The lowest BCUT2D eigenvalue weighted by Crippen LogP contribution is -2.20. The smallest absolute Gasteiger partial charge is 0.255 e. The second-order valence-corrected chi connectivity index (χ2v) is 4.07. The molecule has 2 aromatic rings. The van der Waals surface area contributed by atoms with Crippen LogP contribution in [0.2, 0.25) is 5.02 Å². The molecule has 0 fully saturated rings. The monoisotopic (exact) mass is 240 g/mol. The number of halogens is 2. The molecule has 1 aromatic heterocycles. The molecule has 0 amide bonds. The number of anilines is 1. The van der Waals surface area contributed by atoms with Crippen LogP contribution in [0.4, 0.5) is 10.1 Å². The van der Waals surface area contributed by atoms with E-state index in [1.807, 2.05) is 0 Å². The van der Waals surface area contributed by atoms with Crippen LogP contribution in [-0.2, 0) is 7.05 Å². The van der Waals surface area contributed by atoms with E-state index >= 15 is 0 Å². The van der Waals surface area contributed by atoms with Crippen molar-refractivity contribution in [3.8, 4) is 0 Å². The Morgan fingerprint density at radius 1 is 1.44 bits per heavy atom. The first-order valence-electron chi connectivity index (χ1n) is 4.67. The van der Waals surface area contributed by atoms with Crippen LogP contribution in [0.3, 0.4) is 0 Å². The Balaban J connectivity index is 3.09. The fourth-order valence-corrected chi connectivity index (χ4v) is 1.92. The number of hydrogen-bond acceptors (Lipinski definition) is 2. The molecule has 0 aliphatic carbocycles. The summed E-state index contributed by atoms with van der Waals surface area (Å²) < 4.78 is 14.7. The van der Waals surface area contributed by atoms with Gasteiger partial charge in [-0.25, -0.2) is 4.39 Å². The molecular formula is C11H10ClFN2O. The quantitative estimate of drug-likeness (QED) is 0.718. The van der Waals surface area contributed by atoms with E-state index in [9.17, 15) is 9.18 Å². The van der Waals surface area contributed by atoms with Crippen molar-refractivity contribution in [1.82, 2.24) is 4.57 Å². The van der Waals surface area contributed by atoms with Gasteiger partial charge < -0.3 is 10.3 Å². The predicted molar refractivity (Wildman–Crippen MR) is 63.3 cm³/mol. The molecule has 2 rings (SSSR count). The lowest BCUT2D eigenvalue weighted by Gasteiger charge is -2.10. The van der Waals surface area contributed by atoms with Crippen LogP contribution in [0.15, 0.2) is 16.9 Å². The van der Waals surface area contributed by atoms with E-state index in [1.54, 1.807) is 14.0 Å². The number of nitrogens with two attached hydrogens (primary N) is 1. The fourth-order valence-electron chi connectivity index (χ4n) is 1.69. The summed E-state index contributed by atoms with van der Waals surface area (Å²) in [6.07, 6.45) is 0. The van der Waals surface area contributed by atoms with Crippen molar-refractivity contribution in [2.75, 3.05) is 5.73 Å². The molecule has 0 saturated heterocycles. The van der Waals surface area contributed by atoms with Gasteiger partial charge in [-0.3, -0.25) is 4.79 Å². The summed E-state index contributed by atoms with van der Waals surface area (Å²) in [5, 5.41) is 0.907. The first-order valence-corrected chi connectivity index (χ1v) is 5.05. The molecule has 84 valence electrons. The SMILES string of the molecule is Cc1c(Cl)c2cc(N)c(F)cc2n(C)c1=O.